The number of imidazole rings is 1. The van der Waals surface area contributed by atoms with Crippen molar-refractivity contribution in [2.75, 3.05) is 26.2 Å². The molecule has 2 aliphatic rings. The Balaban J connectivity index is 1.34. The molecular formula is C22H24N4O. The molecule has 2 heterocycles. The lowest BCUT2D eigenvalue weighted by atomic mass is 9.91. The second kappa shape index (κ2) is 6.82. The fourth-order valence-electron chi connectivity index (χ4n) is 4.21. The van der Waals surface area contributed by atoms with Crippen LogP contribution in [0.4, 0.5) is 0 Å². The largest absolute Gasteiger partial charge is 0.344 e. The first kappa shape index (κ1) is 16.5. The quantitative estimate of drug-likeness (QED) is 0.777. The third-order valence-electron chi connectivity index (χ3n) is 6.03. The van der Waals surface area contributed by atoms with E-state index in [9.17, 15) is 4.79 Å². The van der Waals surface area contributed by atoms with E-state index in [0.29, 0.717) is 5.69 Å². The molecule has 1 saturated heterocycles. The minimum Gasteiger partial charge on any atom is -0.344 e. The van der Waals surface area contributed by atoms with Crippen molar-refractivity contribution in [1.82, 2.24) is 19.8 Å². The fraction of sp³-hybridized carbons (Fsp3) is 0.364. The standard InChI is InChI=1S/C22H24N4O/c27-22(26-13-11-25(12-14-26)17-7-4-8-17)20-15-23-21(24-20)19-10-3-6-16-5-1-2-9-18(16)19/h1-3,5-6,9-10,15,17H,4,7-8,11-14H2,(H,23,24). The molecule has 0 bridgehead atoms. The first-order valence-electron chi connectivity index (χ1n) is 9.86. The second-order valence-corrected chi connectivity index (χ2v) is 7.57. The predicted molar refractivity (Wildman–Crippen MR) is 107 cm³/mol. The molecule has 0 radical (unpaired) electrons. The van der Waals surface area contributed by atoms with Gasteiger partial charge in [-0.1, -0.05) is 48.9 Å². The van der Waals surface area contributed by atoms with Crippen LogP contribution in [0, 0.1) is 0 Å². The summed E-state index contributed by atoms with van der Waals surface area (Å²) in [4.78, 5) is 25.2. The summed E-state index contributed by atoms with van der Waals surface area (Å²) in [7, 11) is 0. The van der Waals surface area contributed by atoms with E-state index < -0.39 is 0 Å². The molecule has 5 rings (SSSR count). The number of piperazine rings is 1. The fourth-order valence-corrected chi connectivity index (χ4v) is 4.21. The summed E-state index contributed by atoms with van der Waals surface area (Å²) in [6.07, 6.45) is 5.75. The van der Waals surface area contributed by atoms with Crippen molar-refractivity contribution in [2.45, 2.75) is 25.3 Å². The number of nitrogens with zero attached hydrogens (tertiary/aromatic N) is 3. The Morgan fingerprint density at radius 2 is 1.78 bits per heavy atom. The Kier molecular flexibility index (Phi) is 4.17. The molecule has 0 atom stereocenters. The third-order valence-corrected chi connectivity index (χ3v) is 6.03. The number of hydrogen-bond acceptors (Lipinski definition) is 3. The maximum Gasteiger partial charge on any atom is 0.274 e. The first-order valence-corrected chi connectivity index (χ1v) is 9.86. The molecule has 1 amide bonds. The van der Waals surface area contributed by atoms with Crippen molar-refractivity contribution in [3.63, 3.8) is 0 Å². The second-order valence-electron chi connectivity index (χ2n) is 7.57. The predicted octanol–water partition coefficient (Wildman–Crippen LogP) is 3.54. The number of nitrogens with one attached hydrogen (secondary N) is 1. The summed E-state index contributed by atoms with van der Waals surface area (Å²) < 4.78 is 0. The van der Waals surface area contributed by atoms with Crippen LogP contribution in [0.5, 0.6) is 0 Å². The zero-order valence-corrected chi connectivity index (χ0v) is 15.4. The van der Waals surface area contributed by atoms with E-state index in [2.05, 4.69) is 33.1 Å². The van der Waals surface area contributed by atoms with E-state index in [-0.39, 0.29) is 5.91 Å². The van der Waals surface area contributed by atoms with Gasteiger partial charge in [0.05, 0.1) is 0 Å². The third kappa shape index (κ3) is 3.02. The molecule has 1 N–H and O–H groups in total. The van der Waals surface area contributed by atoms with Crippen LogP contribution in [0.1, 0.15) is 29.8 Å². The van der Waals surface area contributed by atoms with Gasteiger partial charge in [-0.25, -0.2) is 4.98 Å². The van der Waals surface area contributed by atoms with Gasteiger partial charge in [0.25, 0.3) is 5.91 Å². The highest BCUT2D eigenvalue weighted by molar-refractivity contribution is 5.97. The van der Waals surface area contributed by atoms with Gasteiger partial charge in [-0.3, -0.25) is 9.69 Å². The number of H-pyrrole nitrogens is 1. The summed E-state index contributed by atoms with van der Waals surface area (Å²) >= 11 is 0. The molecular weight excluding hydrogens is 336 g/mol. The van der Waals surface area contributed by atoms with Crippen molar-refractivity contribution in [2.24, 2.45) is 0 Å². The number of aromatic amines is 1. The molecule has 0 spiro atoms. The normalized spacial score (nSPS) is 18.6. The lowest BCUT2D eigenvalue weighted by Crippen LogP contribution is -2.53. The van der Waals surface area contributed by atoms with Gasteiger partial charge in [0.15, 0.2) is 0 Å². The molecule has 2 aromatic carbocycles. The van der Waals surface area contributed by atoms with Gasteiger partial charge in [0, 0.05) is 44.0 Å². The van der Waals surface area contributed by atoms with Crippen LogP contribution < -0.4 is 0 Å². The minimum absolute atomic E-state index is 0.0333. The van der Waals surface area contributed by atoms with Gasteiger partial charge in [-0.2, -0.15) is 0 Å². The van der Waals surface area contributed by atoms with Gasteiger partial charge < -0.3 is 9.88 Å². The zero-order valence-electron chi connectivity index (χ0n) is 15.4. The number of rotatable bonds is 3. The Hall–Kier alpha value is -2.66. The molecule has 138 valence electrons. The van der Waals surface area contributed by atoms with Crippen molar-refractivity contribution in [3.05, 3.63) is 54.4 Å². The molecule has 1 saturated carbocycles. The van der Waals surface area contributed by atoms with E-state index >= 15 is 0 Å². The number of benzene rings is 2. The van der Waals surface area contributed by atoms with E-state index in [1.165, 1.54) is 24.6 Å². The smallest absolute Gasteiger partial charge is 0.274 e. The number of amides is 1. The highest BCUT2D eigenvalue weighted by Crippen LogP contribution is 2.27. The Morgan fingerprint density at radius 3 is 2.56 bits per heavy atom. The van der Waals surface area contributed by atoms with Crippen molar-refractivity contribution in [1.29, 1.82) is 0 Å². The minimum atomic E-state index is 0.0333. The molecule has 1 aliphatic heterocycles. The summed E-state index contributed by atoms with van der Waals surface area (Å²) in [5, 5.41) is 2.31. The Bertz CT molecular complexity index is 962. The number of fused-ring (bicyclic) bond motifs is 1. The molecule has 3 aromatic rings. The number of aromatic nitrogens is 2. The average molecular weight is 360 g/mol. The van der Waals surface area contributed by atoms with Gasteiger partial charge in [0.2, 0.25) is 0 Å². The lowest BCUT2D eigenvalue weighted by Gasteiger charge is -2.42. The Morgan fingerprint density at radius 1 is 1.00 bits per heavy atom. The maximum absolute atomic E-state index is 12.9. The maximum atomic E-state index is 12.9. The molecule has 27 heavy (non-hydrogen) atoms. The van der Waals surface area contributed by atoms with Crippen LogP contribution in [0.2, 0.25) is 0 Å². The monoisotopic (exact) mass is 360 g/mol. The van der Waals surface area contributed by atoms with Crippen molar-refractivity contribution >= 4 is 16.7 Å². The van der Waals surface area contributed by atoms with E-state index in [0.717, 1.165) is 49.0 Å². The number of hydrogen-bond donors (Lipinski definition) is 1. The highest BCUT2D eigenvalue weighted by Gasteiger charge is 2.30. The van der Waals surface area contributed by atoms with E-state index in [4.69, 9.17) is 0 Å². The van der Waals surface area contributed by atoms with Crippen LogP contribution in [0.3, 0.4) is 0 Å². The first-order chi connectivity index (χ1) is 13.3. The topological polar surface area (TPSA) is 52.2 Å². The van der Waals surface area contributed by atoms with Gasteiger partial charge in [0.1, 0.15) is 11.5 Å². The Labute approximate surface area is 159 Å². The molecule has 0 unspecified atom stereocenters. The summed E-state index contributed by atoms with van der Waals surface area (Å²) in [5.74, 6) is 0.786. The average Bonchev–Trinajstić information content (AvgIpc) is 3.16. The van der Waals surface area contributed by atoms with Crippen LogP contribution in [-0.2, 0) is 0 Å². The van der Waals surface area contributed by atoms with Crippen LogP contribution in [-0.4, -0.2) is 57.9 Å². The summed E-state index contributed by atoms with van der Waals surface area (Å²) in [6.45, 7) is 3.56. The summed E-state index contributed by atoms with van der Waals surface area (Å²) in [6, 6.07) is 15.2. The van der Waals surface area contributed by atoms with Gasteiger partial charge in [-0.05, 0) is 23.6 Å². The molecule has 1 aromatic heterocycles. The van der Waals surface area contributed by atoms with Crippen LogP contribution >= 0.6 is 0 Å². The SMILES string of the molecule is O=C(c1c[nH]c(-c2cccc3ccccc23)n1)N1CCN(C2CCC2)CC1. The number of carbonyl (C=O) groups is 1. The molecule has 2 fully saturated rings. The van der Waals surface area contributed by atoms with Crippen molar-refractivity contribution in [3.8, 4) is 11.4 Å². The van der Waals surface area contributed by atoms with Crippen LogP contribution in [0.25, 0.3) is 22.2 Å². The van der Waals surface area contributed by atoms with Gasteiger partial charge >= 0.3 is 0 Å². The lowest BCUT2D eigenvalue weighted by molar-refractivity contribution is 0.0451. The summed E-state index contributed by atoms with van der Waals surface area (Å²) in [5.41, 5.74) is 1.54. The van der Waals surface area contributed by atoms with Gasteiger partial charge in [-0.15, -0.1) is 0 Å². The molecule has 1 aliphatic carbocycles. The number of carbonyl (C=O) groups excluding carboxylic acids is 1. The van der Waals surface area contributed by atoms with E-state index in [1.54, 1.807) is 6.20 Å². The van der Waals surface area contributed by atoms with Crippen LogP contribution in [0.15, 0.2) is 48.7 Å². The molecule has 5 nitrogen and oxygen atoms in total. The highest BCUT2D eigenvalue weighted by atomic mass is 16.2. The zero-order chi connectivity index (χ0) is 18.2. The van der Waals surface area contributed by atoms with E-state index in [1.807, 2.05) is 29.2 Å². The van der Waals surface area contributed by atoms with Crippen molar-refractivity contribution < 1.29 is 4.79 Å². The molecule has 5 heteroatoms.